The van der Waals surface area contributed by atoms with Gasteiger partial charge >= 0.3 is 0 Å². The normalized spacial score (nSPS) is 14.7. The minimum Gasteiger partial charge on any atom is -0.484 e. The maximum absolute atomic E-state index is 12.8. The second kappa shape index (κ2) is 9.31. The van der Waals surface area contributed by atoms with Crippen molar-refractivity contribution in [2.45, 2.75) is 45.3 Å². The quantitative estimate of drug-likeness (QED) is 0.569. The Balaban J connectivity index is 1.50. The maximum atomic E-state index is 12.8. The number of ether oxygens (including phenoxy) is 1. The molecule has 0 unspecified atom stereocenters. The Bertz CT molecular complexity index is 977. The highest BCUT2D eigenvalue weighted by Gasteiger charge is 2.17. The van der Waals surface area contributed by atoms with Crippen LogP contribution >= 0.6 is 11.6 Å². The van der Waals surface area contributed by atoms with Crippen molar-refractivity contribution >= 4 is 28.5 Å². The fourth-order valence-corrected chi connectivity index (χ4v) is 4.07. The Kier molecular flexibility index (Phi) is 6.35. The van der Waals surface area contributed by atoms with Crippen molar-refractivity contribution in [3.63, 3.8) is 0 Å². The molecule has 0 radical (unpaired) electrons. The summed E-state index contributed by atoms with van der Waals surface area (Å²) < 4.78 is 8.02. The summed E-state index contributed by atoms with van der Waals surface area (Å²) >= 11 is 6.21. The molecule has 1 saturated heterocycles. The zero-order chi connectivity index (χ0) is 20.1. The molecule has 29 heavy (non-hydrogen) atoms. The summed E-state index contributed by atoms with van der Waals surface area (Å²) in [5.74, 6) is 1.66. The molecule has 5 nitrogen and oxygen atoms in total. The van der Waals surface area contributed by atoms with Gasteiger partial charge in [-0.2, -0.15) is 0 Å². The average molecular weight is 412 g/mol. The molecule has 1 aliphatic heterocycles. The number of benzene rings is 2. The number of nitrogens with zero attached hydrogens (tertiary/aromatic N) is 3. The van der Waals surface area contributed by atoms with E-state index in [1.54, 1.807) is 6.07 Å². The molecule has 152 valence electrons. The van der Waals surface area contributed by atoms with Crippen molar-refractivity contribution in [3.05, 3.63) is 59.4 Å². The molecule has 1 aliphatic rings. The molecule has 0 N–H and O–H groups in total. The summed E-state index contributed by atoms with van der Waals surface area (Å²) in [6.07, 6.45) is 5.13. The van der Waals surface area contributed by atoms with Gasteiger partial charge in [0.15, 0.2) is 0 Å². The highest BCUT2D eigenvalue weighted by atomic mass is 35.5. The summed E-state index contributed by atoms with van der Waals surface area (Å²) in [4.78, 5) is 19.5. The van der Waals surface area contributed by atoms with E-state index in [2.05, 4.69) is 4.57 Å². The van der Waals surface area contributed by atoms with Gasteiger partial charge in [0.25, 0.3) is 0 Å². The van der Waals surface area contributed by atoms with Gasteiger partial charge in [0, 0.05) is 26.1 Å². The van der Waals surface area contributed by atoms with E-state index >= 15 is 0 Å². The molecule has 1 amide bonds. The fraction of sp³-hybridized carbons (Fsp3) is 0.391. The number of para-hydroxylation sites is 3. The number of likely N-dealkylation sites (tertiary alicyclic amines) is 1. The summed E-state index contributed by atoms with van der Waals surface area (Å²) in [6, 6.07) is 15.4. The number of rotatable bonds is 6. The molecule has 6 heteroatoms. The van der Waals surface area contributed by atoms with Crippen molar-refractivity contribution in [2.24, 2.45) is 0 Å². The molecule has 4 rings (SSSR count). The number of hydrogen-bond acceptors (Lipinski definition) is 3. The highest BCUT2D eigenvalue weighted by molar-refractivity contribution is 6.32. The minimum atomic E-state index is 0.225. The number of halogens is 1. The number of carbonyl (C=O) groups excluding carboxylic acids is 1. The zero-order valence-corrected chi connectivity index (χ0v) is 17.3. The van der Waals surface area contributed by atoms with Crippen LogP contribution in [-0.2, 0) is 17.9 Å². The number of imidazole rings is 1. The number of hydrogen-bond donors (Lipinski definition) is 0. The third kappa shape index (κ3) is 4.73. The molecule has 0 atom stereocenters. The van der Waals surface area contributed by atoms with Gasteiger partial charge < -0.3 is 14.2 Å². The van der Waals surface area contributed by atoms with Crippen LogP contribution in [0.25, 0.3) is 11.0 Å². The molecule has 0 spiro atoms. The SMILES string of the molecule is O=C(CCn1c(COc2ccccc2Cl)nc2ccccc21)N1CCCCCC1. The van der Waals surface area contributed by atoms with Crippen molar-refractivity contribution in [1.29, 1.82) is 0 Å². The molecular formula is C23H26ClN3O2. The number of aryl methyl sites for hydroxylation is 1. The van der Waals surface area contributed by atoms with Gasteiger partial charge in [-0.1, -0.05) is 48.7 Å². The van der Waals surface area contributed by atoms with Gasteiger partial charge in [-0.15, -0.1) is 0 Å². The van der Waals surface area contributed by atoms with E-state index in [0.29, 0.717) is 30.3 Å². The second-order valence-electron chi connectivity index (χ2n) is 7.43. The van der Waals surface area contributed by atoms with Crippen LogP contribution in [0.1, 0.15) is 37.9 Å². The predicted molar refractivity (Wildman–Crippen MR) is 115 cm³/mol. The van der Waals surface area contributed by atoms with Gasteiger partial charge in [0.1, 0.15) is 18.2 Å². The van der Waals surface area contributed by atoms with Crippen molar-refractivity contribution in [1.82, 2.24) is 14.5 Å². The second-order valence-corrected chi connectivity index (χ2v) is 7.84. The molecular weight excluding hydrogens is 386 g/mol. The first-order chi connectivity index (χ1) is 14.2. The fourth-order valence-electron chi connectivity index (χ4n) is 3.87. The van der Waals surface area contributed by atoms with Crippen molar-refractivity contribution in [2.75, 3.05) is 13.1 Å². The highest BCUT2D eigenvalue weighted by Crippen LogP contribution is 2.25. The van der Waals surface area contributed by atoms with Gasteiger partial charge in [0.2, 0.25) is 5.91 Å². The van der Waals surface area contributed by atoms with Crippen LogP contribution in [-0.4, -0.2) is 33.4 Å². The standard InChI is InChI=1S/C23H26ClN3O2/c24-18-9-3-6-12-21(18)29-17-22-25-19-10-4-5-11-20(19)27(22)16-13-23(28)26-14-7-1-2-8-15-26/h3-6,9-12H,1-2,7-8,13-17H2. The topological polar surface area (TPSA) is 47.4 Å². The number of carbonyl (C=O) groups is 1. The molecule has 1 fully saturated rings. The van der Waals surface area contributed by atoms with Crippen LogP contribution in [0, 0.1) is 0 Å². The molecule has 0 bridgehead atoms. The smallest absolute Gasteiger partial charge is 0.224 e. The van der Waals surface area contributed by atoms with Crippen LogP contribution in [0.2, 0.25) is 5.02 Å². The average Bonchev–Trinajstić information content (AvgIpc) is 2.90. The van der Waals surface area contributed by atoms with E-state index in [0.717, 1.165) is 42.8 Å². The van der Waals surface area contributed by atoms with Gasteiger partial charge in [-0.25, -0.2) is 4.98 Å². The van der Waals surface area contributed by atoms with Crippen molar-refractivity contribution in [3.8, 4) is 5.75 Å². The van der Waals surface area contributed by atoms with E-state index in [9.17, 15) is 4.79 Å². The van der Waals surface area contributed by atoms with E-state index in [1.165, 1.54) is 12.8 Å². The summed E-state index contributed by atoms with van der Waals surface area (Å²) in [5.41, 5.74) is 1.93. The van der Waals surface area contributed by atoms with Gasteiger partial charge in [-0.05, 0) is 37.1 Å². The lowest BCUT2D eigenvalue weighted by Gasteiger charge is -2.20. The lowest BCUT2D eigenvalue weighted by Crippen LogP contribution is -2.32. The van der Waals surface area contributed by atoms with Crippen molar-refractivity contribution < 1.29 is 9.53 Å². The Morgan fingerprint density at radius 2 is 1.72 bits per heavy atom. The Labute approximate surface area is 176 Å². The van der Waals surface area contributed by atoms with Gasteiger partial charge in [-0.3, -0.25) is 4.79 Å². The van der Waals surface area contributed by atoms with Crippen LogP contribution in [0.3, 0.4) is 0 Å². The van der Waals surface area contributed by atoms with Crippen LogP contribution in [0.5, 0.6) is 5.75 Å². The largest absolute Gasteiger partial charge is 0.484 e. The Hall–Kier alpha value is -2.53. The van der Waals surface area contributed by atoms with E-state index in [1.807, 2.05) is 47.4 Å². The lowest BCUT2D eigenvalue weighted by molar-refractivity contribution is -0.131. The molecule has 2 aromatic carbocycles. The molecule has 0 saturated carbocycles. The first-order valence-electron chi connectivity index (χ1n) is 10.3. The third-order valence-electron chi connectivity index (χ3n) is 5.44. The summed E-state index contributed by atoms with van der Waals surface area (Å²) in [7, 11) is 0. The predicted octanol–water partition coefficient (Wildman–Crippen LogP) is 5.06. The van der Waals surface area contributed by atoms with E-state index in [-0.39, 0.29) is 5.91 Å². The first-order valence-corrected chi connectivity index (χ1v) is 10.7. The molecule has 0 aliphatic carbocycles. The maximum Gasteiger partial charge on any atom is 0.224 e. The zero-order valence-electron chi connectivity index (χ0n) is 16.5. The lowest BCUT2D eigenvalue weighted by atomic mass is 10.2. The van der Waals surface area contributed by atoms with Crippen LogP contribution in [0.4, 0.5) is 0 Å². The number of aromatic nitrogens is 2. The first kappa shape index (κ1) is 19.8. The van der Waals surface area contributed by atoms with E-state index < -0.39 is 0 Å². The monoisotopic (exact) mass is 411 g/mol. The summed E-state index contributed by atoms with van der Waals surface area (Å²) in [5, 5.41) is 0.575. The number of amides is 1. The van der Waals surface area contributed by atoms with E-state index in [4.69, 9.17) is 21.3 Å². The van der Waals surface area contributed by atoms with Crippen LogP contribution < -0.4 is 4.74 Å². The minimum absolute atomic E-state index is 0.225. The molecule has 2 heterocycles. The van der Waals surface area contributed by atoms with Crippen LogP contribution in [0.15, 0.2) is 48.5 Å². The summed E-state index contributed by atoms with van der Waals surface area (Å²) in [6.45, 7) is 2.66. The Morgan fingerprint density at radius 3 is 2.52 bits per heavy atom. The van der Waals surface area contributed by atoms with Gasteiger partial charge in [0.05, 0.1) is 16.1 Å². The molecule has 3 aromatic rings. The third-order valence-corrected chi connectivity index (χ3v) is 5.75. The molecule has 1 aromatic heterocycles. The Morgan fingerprint density at radius 1 is 1.00 bits per heavy atom. The number of fused-ring (bicyclic) bond motifs is 1.